The number of urea groups is 1. The fourth-order valence-electron chi connectivity index (χ4n) is 7.49. The number of likely N-dealkylation sites (tertiary alicyclic amines) is 2. The Bertz CT molecular complexity index is 1380. The molecule has 0 radical (unpaired) electrons. The van der Waals surface area contributed by atoms with Crippen molar-refractivity contribution in [3.05, 3.63) is 44.6 Å². The number of benzene rings is 1. The lowest BCUT2D eigenvalue weighted by Crippen LogP contribution is -2.53. The Kier molecular flexibility index (Phi) is 10.2. The molecular formula is C33H46ClN7O3S. The van der Waals surface area contributed by atoms with Gasteiger partial charge in [0.2, 0.25) is 11.8 Å². The summed E-state index contributed by atoms with van der Waals surface area (Å²) >= 11 is 8.16. The highest BCUT2D eigenvalue weighted by molar-refractivity contribution is 7.10. The molecule has 1 atom stereocenters. The molecule has 1 aromatic carbocycles. The highest BCUT2D eigenvalue weighted by Gasteiger charge is 2.36. The molecule has 0 saturated carbocycles. The number of carbonyl (C=O) groups excluding carboxylic acids is 3. The van der Waals surface area contributed by atoms with Crippen LogP contribution in [0.2, 0.25) is 5.02 Å². The van der Waals surface area contributed by atoms with Crippen LogP contribution in [0.15, 0.2) is 23.6 Å². The Morgan fingerprint density at radius 2 is 1.71 bits per heavy atom. The number of carbonyl (C=O) groups is 3. The van der Waals surface area contributed by atoms with Crippen LogP contribution in [0.1, 0.15) is 55.0 Å². The van der Waals surface area contributed by atoms with Crippen LogP contribution in [-0.4, -0.2) is 102 Å². The van der Waals surface area contributed by atoms with Gasteiger partial charge in [0.15, 0.2) is 0 Å². The number of fused-ring (bicyclic) bond motifs is 1. The Labute approximate surface area is 275 Å². The molecule has 1 aromatic heterocycles. The van der Waals surface area contributed by atoms with Crippen molar-refractivity contribution in [1.29, 1.82) is 0 Å². The van der Waals surface area contributed by atoms with Gasteiger partial charge in [-0.1, -0.05) is 24.6 Å². The number of anilines is 2. The lowest BCUT2D eigenvalue weighted by Gasteiger charge is -2.41. The first-order chi connectivity index (χ1) is 21.8. The lowest BCUT2D eigenvalue weighted by molar-refractivity contribution is -0.143. The molecule has 4 N–H and O–H groups in total. The molecular weight excluding hydrogens is 610 g/mol. The molecule has 3 saturated heterocycles. The predicted octanol–water partition coefficient (Wildman–Crippen LogP) is 4.03. The van der Waals surface area contributed by atoms with Crippen LogP contribution in [-0.2, 0) is 29.0 Å². The van der Waals surface area contributed by atoms with Crippen LogP contribution >= 0.6 is 22.9 Å². The van der Waals surface area contributed by atoms with Gasteiger partial charge in [-0.05, 0) is 67.2 Å². The van der Waals surface area contributed by atoms with Crippen molar-refractivity contribution < 1.29 is 14.4 Å². The van der Waals surface area contributed by atoms with E-state index in [9.17, 15) is 14.4 Å². The largest absolute Gasteiger partial charge is 0.397 e. The summed E-state index contributed by atoms with van der Waals surface area (Å²) in [4.78, 5) is 50.2. The fraction of sp³-hybridized carbons (Fsp3) is 0.606. The SMILES string of the molecule is CCc1cc(C[C@@H](CC(=O)N2CCC(N3Cc4sccc4NC3=O)CC2)C(=O)N2CCC(N3CCNCC3)CC2)cc(Cl)c1N. The molecule has 4 aliphatic rings. The number of halogens is 1. The summed E-state index contributed by atoms with van der Waals surface area (Å²) in [6.07, 6.45) is 4.73. The zero-order valence-corrected chi connectivity index (χ0v) is 27.8. The maximum Gasteiger partial charge on any atom is 0.322 e. The molecule has 10 nitrogen and oxygen atoms in total. The number of nitrogen functional groups attached to an aromatic ring is 1. The predicted molar refractivity (Wildman–Crippen MR) is 180 cm³/mol. The standard InChI is InChI=1S/C33H46ClN7O3S/c1-2-23-17-22(19-27(34)31(23)35)18-24(32(43)40-12-3-25(4-13-40)38-14-8-36-9-15-38)20-30(42)39-10-5-26(6-11-39)41-21-29-28(7-16-45-29)37-33(41)44/h7,16-17,19,24-26,36H,2-6,8-15,18,20-21,35H2,1H3,(H,37,44)/t24-/m0/s1. The van der Waals surface area contributed by atoms with E-state index in [2.05, 4.69) is 15.5 Å². The van der Waals surface area contributed by atoms with Gasteiger partial charge in [-0.2, -0.15) is 0 Å². The molecule has 0 unspecified atom stereocenters. The van der Waals surface area contributed by atoms with Crippen LogP contribution in [0.4, 0.5) is 16.2 Å². The van der Waals surface area contributed by atoms with E-state index in [4.69, 9.17) is 17.3 Å². The van der Waals surface area contributed by atoms with Crippen molar-refractivity contribution in [3.63, 3.8) is 0 Å². The highest BCUT2D eigenvalue weighted by atomic mass is 35.5. The van der Waals surface area contributed by atoms with E-state index >= 15 is 0 Å². The normalized spacial score (nSPS) is 21.0. The molecule has 5 heterocycles. The maximum absolute atomic E-state index is 14.1. The quantitative estimate of drug-likeness (QED) is 0.370. The molecule has 12 heteroatoms. The average Bonchev–Trinajstić information content (AvgIpc) is 3.53. The monoisotopic (exact) mass is 655 g/mol. The number of nitrogens with zero attached hydrogens (tertiary/aromatic N) is 4. The number of piperazine rings is 1. The number of nitrogens with two attached hydrogens (primary N) is 1. The minimum Gasteiger partial charge on any atom is -0.397 e. The smallest absolute Gasteiger partial charge is 0.322 e. The summed E-state index contributed by atoms with van der Waals surface area (Å²) in [5.74, 6) is -0.413. The van der Waals surface area contributed by atoms with Gasteiger partial charge in [-0.15, -0.1) is 11.3 Å². The highest BCUT2D eigenvalue weighted by Crippen LogP contribution is 2.32. The van der Waals surface area contributed by atoms with E-state index in [-0.39, 0.29) is 30.3 Å². The van der Waals surface area contributed by atoms with Gasteiger partial charge in [0, 0.05) is 75.7 Å². The Balaban J connectivity index is 1.10. The van der Waals surface area contributed by atoms with Crippen molar-refractivity contribution in [2.45, 2.75) is 70.5 Å². The van der Waals surface area contributed by atoms with Gasteiger partial charge in [-0.25, -0.2) is 4.79 Å². The van der Waals surface area contributed by atoms with Crippen LogP contribution < -0.4 is 16.4 Å². The zero-order valence-electron chi connectivity index (χ0n) is 26.2. The zero-order chi connectivity index (χ0) is 31.5. The number of aryl methyl sites for hydroxylation is 1. The van der Waals surface area contributed by atoms with Crippen molar-refractivity contribution in [2.75, 3.05) is 63.4 Å². The Morgan fingerprint density at radius 1 is 1.02 bits per heavy atom. The van der Waals surface area contributed by atoms with E-state index in [1.54, 1.807) is 11.3 Å². The molecule has 244 valence electrons. The molecule has 2 aromatic rings. The number of nitrogens with one attached hydrogen (secondary N) is 2. The second-order valence-corrected chi connectivity index (χ2v) is 14.3. The van der Waals surface area contributed by atoms with Gasteiger partial charge in [0.05, 0.1) is 28.9 Å². The summed E-state index contributed by atoms with van der Waals surface area (Å²) in [5, 5.41) is 8.93. The summed E-state index contributed by atoms with van der Waals surface area (Å²) < 4.78 is 0. The molecule has 6 rings (SSSR count). The van der Waals surface area contributed by atoms with Gasteiger partial charge in [-0.3, -0.25) is 14.5 Å². The van der Waals surface area contributed by atoms with E-state index in [1.165, 1.54) is 4.88 Å². The van der Waals surface area contributed by atoms with Crippen molar-refractivity contribution in [2.24, 2.45) is 5.92 Å². The third kappa shape index (κ3) is 7.26. The number of hydrogen-bond acceptors (Lipinski definition) is 7. The summed E-state index contributed by atoms with van der Waals surface area (Å²) in [6.45, 7) is 9.40. The summed E-state index contributed by atoms with van der Waals surface area (Å²) in [6, 6.07) is 6.37. The van der Waals surface area contributed by atoms with Gasteiger partial charge < -0.3 is 31.1 Å². The van der Waals surface area contributed by atoms with Crippen molar-refractivity contribution >= 4 is 52.2 Å². The number of thiophene rings is 1. The molecule has 4 amide bonds. The van der Waals surface area contributed by atoms with Gasteiger partial charge in [0.1, 0.15) is 0 Å². The molecule has 4 aliphatic heterocycles. The topological polar surface area (TPSA) is 114 Å². The Hall–Kier alpha value is -2.86. The van der Waals surface area contributed by atoms with E-state index in [0.29, 0.717) is 42.8 Å². The number of amides is 4. The minimum absolute atomic E-state index is 0.00315. The molecule has 0 aliphatic carbocycles. The van der Waals surface area contributed by atoms with E-state index < -0.39 is 5.92 Å². The first kappa shape index (κ1) is 32.1. The fourth-order valence-corrected chi connectivity index (χ4v) is 8.57. The molecule has 0 spiro atoms. The van der Waals surface area contributed by atoms with E-state index in [1.807, 2.05) is 45.2 Å². The first-order valence-corrected chi connectivity index (χ1v) is 17.8. The van der Waals surface area contributed by atoms with Gasteiger partial charge >= 0.3 is 6.03 Å². The second-order valence-electron chi connectivity index (χ2n) is 12.9. The third-order valence-electron chi connectivity index (χ3n) is 10.2. The van der Waals surface area contributed by atoms with Crippen molar-refractivity contribution in [1.82, 2.24) is 24.9 Å². The first-order valence-electron chi connectivity index (χ1n) is 16.5. The van der Waals surface area contributed by atoms with Crippen LogP contribution in [0.25, 0.3) is 0 Å². The van der Waals surface area contributed by atoms with Crippen LogP contribution in [0.5, 0.6) is 0 Å². The number of rotatable bonds is 8. The number of piperidine rings is 2. The average molecular weight is 656 g/mol. The van der Waals surface area contributed by atoms with Crippen molar-refractivity contribution in [3.8, 4) is 0 Å². The van der Waals surface area contributed by atoms with Gasteiger partial charge in [0.25, 0.3) is 0 Å². The number of hydrogen-bond donors (Lipinski definition) is 3. The maximum atomic E-state index is 14.1. The van der Waals surface area contributed by atoms with E-state index in [0.717, 1.165) is 88.2 Å². The third-order valence-corrected chi connectivity index (χ3v) is 11.4. The molecule has 45 heavy (non-hydrogen) atoms. The molecule has 3 fully saturated rings. The minimum atomic E-state index is -0.472. The van der Waals surface area contributed by atoms with Crippen LogP contribution in [0.3, 0.4) is 0 Å². The van der Waals surface area contributed by atoms with Crippen LogP contribution in [0, 0.1) is 5.92 Å². The second kappa shape index (κ2) is 14.3. The molecule has 0 bridgehead atoms. The Morgan fingerprint density at radius 3 is 2.42 bits per heavy atom. The lowest BCUT2D eigenvalue weighted by atomic mass is 9.91. The summed E-state index contributed by atoms with van der Waals surface area (Å²) in [5.41, 5.74) is 9.60. The summed E-state index contributed by atoms with van der Waals surface area (Å²) in [7, 11) is 0.